The van der Waals surface area contributed by atoms with E-state index in [1.165, 1.54) is 0 Å². The Bertz CT molecular complexity index is 825. The van der Waals surface area contributed by atoms with Crippen LogP contribution in [0.25, 0.3) is 0 Å². The van der Waals surface area contributed by atoms with Crippen molar-refractivity contribution in [3.8, 4) is 0 Å². The summed E-state index contributed by atoms with van der Waals surface area (Å²) in [6.45, 7) is 9.98. The zero-order chi connectivity index (χ0) is 20.9. The molecule has 0 aromatic heterocycles. The van der Waals surface area contributed by atoms with Crippen LogP contribution in [-0.2, 0) is 22.6 Å². The van der Waals surface area contributed by atoms with Crippen molar-refractivity contribution in [3.05, 3.63) is 69.7 Å². The van der Waals surface area contributed by atoms with Crippen molar-refractivity contribution in [2.24, 2.45) is 0 Å². The monoisotopic (exact) mass is 444 g/mol. The minimum atomic E-state index is -0.570. The molecule has 1 N–H and O–H groups in total. The van der Waals surface area contributed by atoms with Gasteiger partial charge in [0.05, 0.1) is 6.42 Å². The fraction of sp³-hybridized carbons (Fsp3) is 0.391. The van der Waals surface area contributed by atoms with Crippen molar-refractivity contribution in [2.75, 3.05) is 0 Å². The zero-order valence-corrected chi connectivity index (χ0v) is 18.8. The van der Waals surface area contributed by atoms with Crippen LogP contribution in [-0.4, -0.2) is 28.3 Å². The van der Waals surface area contributed by atoms with Gasteiger partial charge in [-0.3, -0.25) is 9.59 Å². The first-order valence-electron chi connectivity index (χ1n) is 9.47. The van der Waals surface area contributed by atoms with Gasteiger partial charge in [-0.05, 0) is 63.4 Å². The van der Waals surface area contributed by atoms with E-state index in [-0.39, 0.29) is 23.8 Å². The Morgan fingerprint density at radius 3 is 2.25 bits per heavy atom. The molecule has 0 saturated carbocycles. The van der Waals surface area contributed by atoms with Crippen LogP contribution in [0.1, 0.15) is 44.4 Å². The molecule has 2 rings (SSSR count). The first kappa shape index (κ1) is 22.2. The van der Waals surface area contributed by atoms with E-state index < -0.39 is 6.04 Å². The van der Waals surface area contributed by atoms with Crippen LogP contribution < -0.4 is 5.32 Å². The number of rotatable bonds is 6. The van der Waals surface area contributed by atoms with Gasteiger partial charge in [0.2, 0.25) is 11.8 Å². The maximum Gasteiger partial charge on any atom is 0.242 e. The van der Waals surface area contributed by atoms with E-state index in [1.807, 2.05) is 76.2 Å². The third-order valence-corrected chi connectivity index (χ3v) is 5.06. The van der Waals surface area contributed by atoms with E-state index in [0.29, 0.717) is 6.54 Å². The van der Waals surface area contributed by atoms with Gasteiger partial charge in [-0.2, -0.15) is 0 Å². The average molecular weight is 445 g/mol. The standard InChI is InChI=1S/C23H29BrN2O2/c1-16-8-6-7-9-19(16)14-21(27)26(15-18-10-12-20(24)13-11-18)17(2)22(28)25-23(3,4)5/h6-13,17H,14-15H2,1-5H3,(H,25,28)/t17-/m0/s1. The molecule has 0 bridgehead atoms. The van der Waals surface area contributed by atoms with Gasteiger partial charge in [0, 0.05) is 16.6 Å². The molecule has 0 fully saturated rings. The number of halogens is 1. The number of hydrogen-bond donors (Lipinski definition) is 1. The molecule has 5 heteroatoms. The molecule has 2 aromatic carbocycles. The van der Waals surface area contributed by atoms with Crippen molar-refractivity contribution in [1.29, 1.82) is 0 Å². The first-order valence-corrected chi connectivity index (χ1v) is 10.3. The maximum atomic E-state index is 13.2. The maximum absolute atomic E-state index is 13.2. The Morgan fingerprint density at radius 2 is 1.68 bits per heavy atom. The Kier molecular flexibility index (Phi) is 7.41. The highest BCUT2D eigenvalue weighted by Crippen LogP contribution is 2.17. The summed E-state index contributed by atoms with van der Waals surface area (Å²) >= 11 is 3.43. The largest absolute Gasteiger partial charge is 0.350 e. The van der Waals surface area contributed by atoms with Crippen molar-refractivity contribution in [3.63, 3.8) is 0 Å². The van der Waals surface area contributed by atoms with Crippen molar-refractivity contribution in [2.45, 2.75) is 59.2 Å². The fourth-order valence-corrected chi connectivity index (χ4v) is 3.18. The van der Waals surface area contributed by atoms with Crippen LogP contribution in [0.5, 0.6) is 0 Å². The van der Waals surface area contributed by atoms with Gasteiger partial charge in [0.1, 0.15) is 6.04 Å². The molecule has 2 amide bonds. The fourth-order valence-electron chi connectivity index (χ4n) is 2.92. The van der Waals surface area contributed by atoms with Crippen molar-refractivity contribution >= 4 is 27.7 Å². The molecule has 0 saturated heterocycles. The highest BCUT2D eigenvalue weighted by Gasteiger charge is 2.28. The Balaban J connectivity index is 2.26. The lowest BCUT2D eigenvalue weighted by atomic mass is 10.0. The molecule has 0 spiro atoms. The summed E-state index contributed by atoms with van der Waals surface area (Å²) in [7, 11) is 0. The van der Waals surface area contributed by atoms with Crippen molar-refractivity contribution in [1.82, 2.24) is 10.2 Å². The SMILES string of the molecule is Cc1ccccc1CC(=O)N(Cc1ccc(Br)cc1)[C@@H](C)C(=O)NC(C)(C)C. The van der Waals surface area contributed by atoms with Gasteiger partial charge < -0.3 is 10.2 Å². The summed E-state index contributed by atoms with van der Waals surface area (Å²) < 4.78 is 0.979. The number of carbonyl (C=O) groups excluding carboxylic acids is 2. The molecule has 28 heavy (non-hydrogen) atoms. The number of amides is 2. The van der Waals surface area contributed by atoms with Crippen LogP contribution in [0.3, 0.4) is 0 Å². The lowest BCUT2D eigenvalue weighted by Crippen LogP contribution is -2.52. The van der Waals surface area contributed by atoms with Gasteiger partial charge in [-0.25, -0.2) is 0 Å². The lowest BCUT2D eigenvalue weighted by Gasteiger charge is -2.31. The van der Waals surface area contributed by atoms with Crippen LogP contribution in [0.4, 0.5) is 0 Å². The smallest absolute Gasteiger partial charge is 0.242 e. The van der Waals surface area contributed by atoms with Crippen LogP contribution >= 0.6 is 15.9 Å². The molecule has 2 aromatic rings. The second kappa shape index (κ2) is 9.37. The van der Waals surface area contributed by atoms with Gasteiger partial charge >= 0.3 is 0 Å². The highest BCUT2D eigenvalue weighted by molar-refractivity contribution is 9.10. The zero-order valence-electron chi connectivity index (χ0n) is 17.3. The molecule has 1 atom stereocenters. The summed E-state index contributed by atoms with van der Waals surface area (Å²) in [5.74, 6) is -0.212. The molecular weight excluding hydrogens is 416 g/mol. The predicted octanol–water partition coefficient (Wildman–Crippen LogP) is 4.63. The van der Waals surface area contributed by atoms with Gasteiger partial charge in [-0.1, -0.05) is 52.3 Å². The molecule has 0 aliphatic rings. The number of carbonyl (C=O) groups is 2. The van der Waals surface area contributed by atoms with Crippen LogP contribution in [0.15, 0.2) is 53.0 Å². The molecule has 0 aliphatic heterocycles. The lowest BCUT2D eigenvalue weighted by molar-refractivity contribution is -0.140. The molecule has 150 valence electrons. The van der Waals surface area contributed by atoms with Gasteiger partial charge in [0.15, 0.2) is 0 Å². The summed E-state index contributed by atoms with van der Waals surface area (Å²) in [4.78, 5) is 27.6. The number of nitrogens with zero attached hydrogens (tertiary/aromatic N) is 1. The number of aryl methyl sites for hydroxylation is 1. The Hall–Kier alpha value is -2.14. The Morgan fingerprint density at radius 1 is 1.07 bits per heavy atom. The molecule has 0 heterocycles. The molecule has 0 radical (unpaired) electrons. The molecular formula is C23H29BrN2O2. The minimum absolute atomic E-state index is 0.0613. The number of nitrogens with one attached hydrogen (secondary N) is 1. The van der Waals surface area contributed by atoms with Crippen molar-refractivity contribution < 1.29 is 9.59 Å². The molecule has 0 aliphatic carbocycles. The summed E-state index contributed by atoms with van der Waals surface area (Å²) in [6, 6.07) is 15.1. The second-order valence-corrected chi connectivity index (χ2v) is 9.08. The molecule has 4 nitrogen and oxygen atoms in total. The Labute approximate surface area is 176 Å². The van der Waals surface area contributed by atoms with E-state index in [0.717, 1.165) is 21.2 Å². The van der Waals surface area contributed by atoms with E-state index in [9.17, 15) is 9.59 Å². The number of hydrogen-bond acceptors (Lipinski definition) is 2. The third-order valence-electron chi connectivity index (χ3n) is 4.53. The quantitative estimate of drug-likeness (QED) is 0.705. The topological polar surface area (TPSA) is 49.4 Å². The van der Waals surface area contributed by atoms with Crippen LogP contribution in [0, 0.1) is 6.92 Å². The summed E-state index contributed by atoms with van der Waals surface area (Å²) in [5.41, 5.74) is 2.69. The van der Waals surface area contributed by atoms with Crippen LogP contribution in [0.2, 0.25) is 0 Å². The van der Waals surface area contributed by atoms with E-state index in [2.05, 4.69) is 21.2 Å². The van der Waals surface area contributed by atoms with E-state index >= 15 is 0 Å². The summed E-state index contributed by atoms with van der Waals surface area (Å²) in [5, 5.41) is 2.98. The second-order valence-electron chi connectivity index (χ2n) is 8.17. The number of benzene rings is 2. The third kappa shape index (κ3) is 6.48. The average Bonchev–Trinajstić information content (AvgIpc) is 2.61. The van der Waals surface area contributed by atoms with Gasteiger partial charge in [-0.15, -0.1) is 0 Å². The summed E-state index contributed by atoms with van der Waals surface area (Å²) in [6.07, 6.45) is 0.274. The van der Waals surface area contributed by atoms with E-state index in [1.54, 1.807) is 11.8 Å². The first-order chi connectivity index (χ1) is 13.1. The van der Waals surface area contributed by atoms with Gasteiger partial charge in [0.25, 0.3) is 0 Å². The molecule has 0 unspecified atom stereocenters. The van der Waals surface area contributed by atoms with E-state index in [4.69, 9.17) is 0 Å². The predicted molar refractivity (Wildman–Crippen MR) is 117 cm³/mol. The normalized spacial score (nSPS) is 12.4. The highest BCUT2D eigenvalue weighted by atomic mass is 79.9. The minimum Gasteiger partial charge on any atom is -0.350 e.